The Bertz CT molecular complexity index is 1280. The van der Waals surface area contributed by atoms with Crippen LogP contribution in [-0.2, 0) is 4.74 Å². The van der Waals surface area contributed by atoms with Crippen molar-refractivity contribution < 1.29 is 14.3 Å². The van der Waals surface area contributed by atoms with Gasteiger partial charge in [0.1, 0.15) is 6.17 Å². The molecule has 1 aromatic heterocycles. The fraction of sp³-hybridized carbons (Fsp3) is 0.346. The van der Waals surface area contributed by atoms with E-state index in [2.05, 4.69) is 22.8 Å². The summed E-state index contributed by atoms with van der Waals surface area (Å²) in [4.78, 5) is 33.5. The molecule has 5 rings (SSSR count). The number of nitrogens with one attached hydrogen (secondary N) is 2. The smallest absolute Gasteiger partial charge is 0.409 e. The van der Waals surface area contributed by atoms with Gasteiger partial charge in [0, 0.05) is 54.6 Å². The molecule has 4 heterocycles. The molecule has 0 spiro atoms. The zero-order valence-corrected chi connectivity index (χ0v) is 20.6. The van der Waals surface area contributed by atoms with E-state index in [-0.39, 0.29) is 18.2 Å². The minimum Gasteiger partial charge on any atom is -0.449 e. The highest BCUT2D eigenvalue weighted by Crippen LogP contribution is 2.30. The molecule has 0 radical (unpaired) electrons. The Kier molecular flexibility index (Phi) is 6.38. The minimum atomic E-state index is -0.317. The van der Waals surface area contributed by atoms with Crippen molar-refractivity contribution in [3.63, 3.8) is 0 Å². The average molecular weight is 494 g/mol. The minimum absolute atomic E-state index is 0.0767. The zero-order chi connectivity index (χ0) is 24.5. The van der Waals surface area contributed by atoms with Crippen molar-refractivity contribution in [3.8, 4) is 0 Å². The Morgan fingerprint density at radius 3 is 2.69 bits per heavy atom. The summed E-state index contributed by atoms with van der Waals surface area (Å²) >= 11 is 6.60. The fourth-order valence-corrected chi connectivity index (χ4v) is 4.78. The van der Waals surface area contributed by atoms with E-state index in [1.54, 1.807) is 21.9 Å². The summed E-state index contributed by atoms with van der Waals surface area (Å²) in [7, 11) is 0. The van der Waals surface area contributed by atoms with Crippen LogP contribution in [0.15, 0.2) is 53.9 Å². The van der Waals surface area contributed by atoms with E-state index in [0.717, 1.165) is 34.3 Å². The molecule has 0 aliphatic carbocycles. The van der Waals surface area contributed by atoms with E-state index in [1.165, 1.54) is 0 Å². The standard InChI is InChI=1S/C26H28ClN5O3/c1-3-10-35-26(34)32-8-6-31(7-9-32)25(33)17-4-5-20-21(27)14-22(30-23(20)13-17)19-12-18-11-16(2)29-24(18)28-15-19/h4-5,11-15,24,28-29H,3,6-10H2,1-2H3. The topological polar surface area (TPSA) is 86.8 Å². The third-order valence-electron chi connectivity index (χ3n) is 6.37. The molecule has 3 aliphatic heterocycles. The number of rotatable bonds is 4. The summed E-state index contributed by atoms with van der Waals surface area (Å²) in [6, 6.07) is 7.27. The molecule has 9 heteroatoms. The van der Waals surface area contributed by atoms with E-state index >= 15 is 0 Å². The van der Waals surface area contributed by atoms with Crippen LogP contribution in [-0.4, -0.2) is 65.7 Å². The molecule has 3 aliphatic rings. The van der Waals surface area contributed by atoms with Gasteiger partial charge in [-0.25, -0.2) is 9.78 Å². The monoisotopic (exact) mass is 493 g/mol. The van der Waals surface area contributed by atoms with Gasteiger partial charge in [0.2, 0.25) is 0 Å². The van der Waals surface area contributed by atoms with Gasteiger partial charge in [-0.15, -0.1) is 0 Å². The highest BCUT2D eigenvalue weighted by molar-refractivity contribution is 6.35. The number of piperazine rings is 1. The van der Waals surface area contributed by atoms with E-state index < -0.39 is 0 Å². The summed E-state index contributed by atoms with van der Waals surface area (Å²) < 4.78 is 5.20. The molecule has 0 bridgehead atoms. The number of nitrogens with zero attached hydrogens (tertiary/aromatic N) is 3. The lowest BCUT2D eigenvalue weighted by Crippen LogP contribution is -2.50. The van der Waals surface area contributed by atoms with Gasteiger partial charge in [-0.05, 0) is 49.3 Å². The van der Waals surface area contributed by atoms with Crippen molar-refractivity contribution in [1.29, 1.82) is 0 Å². The molecule has 35 heavy (non-hydrogen) atoms. The van der Waals surface area contributed by atoms with Crippen LogP contribution in [0.3, 0.4) is 0 Å². The van der Waals surface area contributed by atoms with Crippen molar-refractivity contribution >= 4 is 40.1 Å². The third kappa shape index (κ3) is 4.71. The predicted molar refractivity (Wildman–Crippen MR) is 136 cm³/mol. The Labute approximate surface area is 209 Å². The Morgan fingerprint density at radius 2 is 1.91 bits per heavy atom. The lowest BCUT2D eigenvalue weighted by Gasteiger charge is -2.34. The lowest BCUT2D eigenvalue weighted by molar-refractivity contribution is 0.0560. The predicted octanol–water partition coefficient (Wildman–Crippen LogP) is 3.90. The quantitative estimate of drug-likeness (QED) is 0.672. The molecule has 2 amide bonds. The number of dihydropyridines is 1. The number of ether oxygens (including phenoxy) is 1. The van der Waals surface area contributed by atoms with Gasteiger partial charge in [0.25, 0.3) is 5.91 Å². The summed E-state index contributed by atoms with van der Waals surface area (Å²) in [6.45, 7) is 6.22. The highest BCUT2D eigenvalue weighted by Gasteiger charge is 2.26. The van der Waals surface area contributed by atoms with Gasteiger partial charge < -0.3 is 25.2 Å². The fourth-order valence-electron chi connectivity index (χ4n) is 4.51. The van der Waals surface area contributed by atoms with E-state index in [0.29, 0.717) is 48.9 Å². The first-order valence-electron chi connectivity index (χ1n) is 11.9. The van der Waals surface area contributed by atoms with Gasteiger partial charge in [-0.1, -0.05) is 24.6 Å². The molecule has 1 fully saturated rings. The maximum Gasteiger partial charge on any atom is 0.409 e. The van der Waals surface area contributed by atoms with Crippen LogP contribution in [0.5, 0.6) is 0 Å². The average Bonchev–Trinajstić information content (AvgIpc) is 3.25. The van der Waals surface area contributed by atoms with Crippen LogP contribution < -0.4 is 10.6 Å². The van der Waals surface area contributed by atoms with Gasteiger partial charge in [-0.2, -0.15) is 0 Å². The van der Waals surface area contributed by atoms with Crippen LogP contribution in [0.4, 0.5) is 4.79 Å². The number of hydrogen-bond donors (Lipinski definition) is 2. The van der Waals surface area contributed by atoms with Crippen molar-refractivity contribution in [1.82, 2.24) is 25.4 Å². The molecular formula is C26H28ClN5O3. The Hall–Kier alpha value is -3.52. The van der Waals surface area contributed by atoms with Crippen molar-refractivity contribution in [3.05, 3.63) is 70.2 Å². The number of allylic oxidation sites excluding steroid dienone is 3. The lowest BCUT2D eigenvalue weighted by atomic mass is 10.0. The second-order valence-corrected chi connectivity index (χ2v) is 9.34. The second-order valence-electron chi connectivity index (χ2n) is 8.93. The number of fused-ring (bicyclic) bond motifs is 2. The molecule has 2 aromatic rings. The van der Waals surface area contributed by atoms with Crippen LogP contribution in [0, 0.1) is 0 Å². The highest BCUT2D eigenvalue weighted by atomic mass is 35.5. The maximum atomic E-state index is 13.2. The first kappa shape index (κ1) is 23.2. The maximum absolute atomic E-state index is 13.2. The SMILES string of the molecule is CCCOC(=O)N1CCN(C(=O)c2ccc3c(Cl)cc(C4=CNC5NC(C)=CC5=C4)nc3c2)CC1. The van der Waals surface area contributed by atoms with Gasteiger partial charge >= 0.3 is 6.09 Å². The number of hydrogen-bond acceptors (Lipinski definition) is 6. The molecule has 182 valence electrons. The van der Waals surface area contributed by atoms with Crippen LogP contribution in [0.25, 0.3) is 16.5 Å². The summed E-state index contributed by atoms with van der Waals surface area (Å²) in [5.74, 6) is -0.0852. The number of carbonyl (C=O) groups is 2. The number of benzene rings is 1. The second kappa shape index (κ2) is 9.62. The van der Waals surface area contributed by atoms with Crippen molar-refractivity contribution in [2.45, 2.75) is 26.4 Å². The van der Waals surface area contributed by atoms with Crippen LogP contribution in [0.2, 0.25) is 5.02 Å². The van der Waals surface area contributed by atoms with E-state index in [1.807, 2.05) is 32.2 Å². The van der Waals surface area contributed by atoms with E-state index in [4.69, 9.17) is 21.3 Å². The molecular weight excluding hydrogens is 466 g/mol. The molecule has 8 nitrogen and oxygen atoms in total. The number of amides is 2. The molecule has 1 saturated heterocycles. The number of carbonyl (C=O) groups excluding carboxylic acids is 2. The number of aromatic nitrogens is 1. The van der Waals surface area contributed by atoms with Gasteiger partial charge in [0.15, 0.2) is 0 Å². The van der Waals surface area contributed by atoms with Gasteiger partial charge in [0.05, 0.1) is 22.8 Å². The first-order chi connectivity index (χ1) is 16.9. The third-order valence-corrected chi connectivity index (χ3v) is 6.69. The van der Waals surface area contributed by atoms with Crippen molar-refractivity contribution in [2.75, 3.05) is 32.8 Å². The molecule has 1 unspecified atom stereocenters. The number of pyridine rings is 1. The summed E-state index contributed by atoms with van der Waals surface area (Å²) in [6.07, 6.45) is 6.67. The molecule has 1 aromatic carbocycles. The van der Waals surface area contributed by atoms with Crippen LogP contribution >= 0.6 is 11.6 Å². The largest absolute Gasteiger partial charge is 0.449 e. The zero-order valence-electron chi connectivity index (χ0n) is 19.8. The molecule has 1 atom stereocenters. The van der Waals surface area contributed by atoms with Crippen LogP contribution in [0.1, 0.15) is 36.3 Å². The van der Waals surface area contributed by atoms with Crippen molar-refractivity contribution in [2.24, 2.45) is 0 Å². The first-order valence-corrected chi connectivity index (χ1v) is 12.2. The Morgan fingerprint density at radius 1 is 1.14 bits per heavy atom. The summed E-state index contributed by atoms with van der Waals surface area (Å²) in [5.41, 5.74) is 5.12. The molecule has 0 saturated carbocycles. The normalized spacial score (nSPS) is 19.3. The molecule has 2 N–H and O–H groups in total. The Balaban J connectivity index is 1.34. The summed E-state index contributed by atoms with van der Waals surface area (Å²) in [5, 5.41) is 8.09. The van der Waals surface area contributed by atoms with E-state index in [9.17, 15) is 9.59 Å². The van der Waals surface area contributed by atoms with Gasteiger partial charge in [-0.3, -0.25) is 4.79 Å². The number of halogens is 1.